The van der Waals surface area contributed by atoms with Crippen LogP contribution in [-0.4, -0.2) is 24.1 Å². The zero-order valence-electron chi connectivity index (χ0n) is 15.9. The van der Waals surface area contributed by atoms with E-state index in [1.807, 2.05) is 6.92 Å². The van der Waals surface area contributed by atoms with Gasteiger partial charge in [0.05, 0.1) is 6.61 Å². The van der Waals surface area contributed by atoms with Crippen molar-refractivity contribution >= 4 is 11.9 Å². The molecule has 0 heterocycles. The fourth-order valence-electron chi connectivity index (χ4n) is 1.61. The Labute approximate surface area is 141 Å². The second kappa shape index (κ2) is 12.9. The third-order valence-electron chi connectivity index (χ3n) is 3.00. The smallest absolute Gasteiger partial charge is 0.303 e. The molecule has 1 atom stereocenters. The van der Waals surface area contributed by atoms with Crippen LogP contribution in [0.4, 0.5) is 0 Å². The van der Waals surface area contributed by atoms with Gasteiger partial charge in [0.25, 0.3) is 0 Å². The van der Waals surface area contributed by atoms with Gasteiger partial charge >= 0.3 is 11.9 Å². The molecule has 4 nitrogen and oxygen atoms in total. The van der Waals surface area contributed by atoms with E-state index in [1.165, 1.54) is 19.4 Å². The monoisotopic (exact) mass is 326 g/mol. The van der Waals surface area contributed by atoms with E-state index in [4.69, 9.17) is 9.47 Å². The lowest BCUT2D eigenvalue weighted by molar-refractivity contribution is -0.151. The molecule has 0 bridgehead atoms. The number of carbonyl (C=O) groups is 2. The summed E-state index contributed by atoms with van der Waals surface area (Å²) in [5, 5.41) is 0. The van der Waals surface area contributed by atoms with Crippen LogP contribution in [0.2, 0.25) is 0 Å². The third kappa shape index (κ3) is 18.4. The quantitative estimate of drug-likeness (QED) is 0.473. The van der Waals surface area contributed by atoms with E-state index < -0.39 is 5.60 Å². The molecule has 0 aromatic carbocycles. The summed E-state index contributed by atoms with van der Waals surface area (Å²) in [6, 6.07) is 0. The zero-order chi connectivity index (χ0) is 18.5. The maximum absolute atomic E-state index is 10.8. The van der Waals surface area contributed by atoms with Crippen molar-refractivity contribution in [2.75, 3.05) is 6.61 Å². The molecule has 134 valence electrons. The van der Waals surface area contributed by atoms with Crippen molar-refractivity contribution < 1.29 is 19.1 Å². The molecule has 0 radical (unpaired) electrons. The fraction of sp³-hybridized carbons (Fsp3) is 0.684. The van der Waals surface area contributed by atoms with Crippen LogP contribution in [0, 0.1) is 5.92 Å². The highest BCUT2D eigenvalue weighted by Crippen LogP contribution is 2.19. The van der Waals surface area contributed by atoms with Crippen molar-refractivity contribution in [2.24, 2.45) is 5.92 Å². The molecule has 0 aromatic heterocycles. The molecule has 0 saturated heterocycles. The number of rotatable bonds is 8. The van der Waals surface area contributed by atoms with Crippen LogP contribution in [0.15, 0.2) is 24.3 Å². The van der Waals surface area contributed by atoms with Crippen LogP contribution >= 0.6 is 0 Å². The molecule has 0 aromatic rings. The van der Waals surface area contributed by atoms with Crippen LogP contribution < -0.4 is 0 Å². The van der Waals surface area contributed by atoms with Crippen molar-refractivity contribution in [3.8, 4) is 0 Å². The predicted molar refractivity (Wildman–Crippen MR) is 95.1 cm³/mol. The average Bonchev–Trinajstić information content (AvgIpc) is 2.37. The Balaban J connectivity index is 0. The minimum atomic E-state index is -0.530. The molecule has 1 unspecified atom stereocenters. The largest absolute Gasteiger partial charge is 0.466 e. The van der Waals surface area contributed by atoms with E-state index in [-0.39, 0.29) is 11.9 Å². The Bertz CT molecular complexity index is 392. The van der Waals surface area contributed by atoms with Crippen LogP contribution in [0.25, 0.3) is 0 Å². The lowest BCUT2D eigenvalue weighted by Crippen LogP contribution is -2.27. The van der Waals surface area contributed by atoms with Crippen LogP contribution in [0.3, 0.4) is 0 Å². The molecule has 0 spiro atoms. The van der Waals surface area contributed by atoms with Crippen molar-refractivity contribution in [3.63, 3.8) is 0 Å². The Morgan fingerprint density at radius 3 is 2.04 bits per heavy atom. The van der Waals surface area contributed by atoms with Crippen LogP contribution in [0.1, 0.15) is 67.7 Å². The average molecular weight is 326 g/mol. The first-order chi connectivity index (χ1) is 10.5. The Morgan fingerprint density at radius 1 is 1.13 bits per heavy atom. The van der Waals surface area contributed by atoms with Crippen LogP contribution in [-0.2, 0) is 19.1 Å². The summed E-state index contributed by atoms with van der Waals surface area (Å²) < 4.78 is 9.90. The highest BCUT2D eigenvalue weighted by atomic mass is 16.6. The number of carbonyl (C=O) groups excluding carboxylic acids is 2. The molecular formula is C19H34O4. The van der Waals surface area contributed by atoms with Gasteiger partial charge in [-0.2, -0.15) is 0 Å². The zero-order valence-corrected chi connectivity index (χ0v) is 15.9. The lowest BCUT2D eigenvalue weighted by Gasteiger charge is -2.24. The van der Waals surface area contributed by atoms with Gasteiger partial charge in [-0.15, -0.1) is 0 Å². The predicted octanol–water partition coefficient (Wildman–Crippen LogP) is 4.84. The summed E-state index contributed by atoms with van der Waals surface area (Å²) >= 11 is 0. The van der Waals surface area contributed by atoms with Gasteiger partial charge in [-0.1, -0.05) is 32.1 Å². The topological polar surface area (TPSA) is 52.6 Å². The minimum absolute atomic E-state index is 0.185. The molecule has 0 saturated carbocycles. The first-order valence-electron chi connectivity index (χ1n) is 8.12. The number of esters is 2. The van der Waals surface area contributed by atoms with Crippen molar-refractivity contribution in [3.05, 3.63) is 24.3 Å². The second-order valence-electron chi connectivity index (χ2n) is 6.45. The summed E-state index contributed by atoms with van der Waals surface area (Å²) in [5.74, 6) is 0.171. The lowest BCUT2D eigenvalue weighted by atomic mass is 9.99. The van der Waals surface area contributed by atoms with Gasteiger partial charge in [0.1, 0.15) is 5.60 Å². The molecule has 0 aliphatic heterocycles. The van der Waals surface area contributed by atoms with E-state index in [0.717, 1.165) is 19.3 Å². The van der Waals surface area contributed by atoms with E-state index in [9.17, 15) is 9.59 Å². The van der Waals surface area contributed by atoms with Gasteiger partial charge in [0.2, 0.25) is 0 Å². The molecule has 4 heteroatoms. The summed E-state index contributed by atoms with van der Waals surface area (Å²) in [6.45, 7) is 17.3. The Hall–Kier alpha value is -1.58. The van der Waals surface area contributed by atoms with Gasteiger partial charge in [-0.05, 0) is 52.0 Å². The SMILES string of the molecule is C=CC(C)(CCC=C(C)C)OC(C)=O.CC(=O)OCCC(C)C. The number of hydrogen-bond donors (Lipinski definition) is 0. The van der Waals surface area contributed by atoms with E-state index >= 15 is 0 Å². The number of ether oxygens (including phenoxy) is 2. The highest BCUT2D eigenvalue weighted by Gasteiger charge is 2.22. The summed E-state index contributed by atoms with van der Waals surface area (Å²) in [5.41, 5.74) is 0.747. The molecule has 0 rings (SSSR count). The molecule has 0 amide bonds. The third-order valence-corrected chi connectivity index (χ3v) is 3.00. The summed E-state index contributed by atoms with van der Waals surface area (Å²) in [6.07, 6.45) is 6.46. The molecule has 0 N–H and O–H groups in total. The van der Waals surface area contributed by atoms with Gasteiger partial charge in [0.15, 0.2) is 0 Å². The fourth-order valence-corrected chi connectivity index (χ4v) is 1.61. The first-order valence-corrected chi connectivity index (χ1v) is 8.12. The van der Waals surface area contributed by atoms with Crippen LogP contribution in [0.5, 0.6) is 0 Å². The Kier molecular flexibility index (Phi) is 13.3. The second-order valence-corrected chi connectivity index (χ2v) is 6.45. The maximum atomic E-state index is 10.8. The highest BCUT2D eigenvalue weighted by molar-refractivity contribution is 5.66. The molecular weight excluding hydrogens is 292 g/mol. The minimum Gasteiger partial charge on any atom is -0.466 e. The first kappa shape index (κ1) is 23.7. The van der Waals surface area contributed by atoms with E-state index in [2.05, 4.69) is 40.3 Å². The molecule has 0 aliphatic rings. The van der Waals surface area contributed by atoms with Gasteiger partial charge in [0, 0.05) is 13.8 Å². The van der Waals surface area contributed by atoms with Gasteiger partial charge in [-0.25, -0.2) is 0 Å². The van der Waals surface area contributed by atoms with Gasteiger partial charge in [-0.3, -0.25) is 9.59 Å². The van der Waals surface area contributed by atoms with E-state index in [1.54, 1.807) is 6.08 Å². The van der Waals surface area contributed by atoms with Crippen molar-refractivity contribution in [1.29, 1.82) is 0 Å². The summed E-state index contributed by atoms with van der Waals surface area (Å²) in [4.78, 5) is 21.0. The number of allylic oxidation sites excluding steroid dienone is 2. The standard InChI is InChI=1S/C12H20O2.C7H14O2/c1-6-12(5,14-11(4)13)9-7-8-10(2)3;1-6(2)4-5-9-7(3)8/h6,8H,1,7,9H2,2-5H3;6H,4-5H2,1-3H3. The molecule has 0 fully saturated rings. The molecule has 23 heavy (non-hydrogen) atoms. The van der Waals surface area contributed by atoms with Crippen molar-refractivity contribution in [1.82, 2.24) is 0 Å². The maximum Gasteiger partial charge on any atom is 0.303 e. The molecule has 0 aliphatic carbocycles. The Morgan fingerprint density at radius 2 is 1.70 bits per heavy atom. The normalized spacial score (nSPS) is 12.3. The van der Waals surface area contributed by atoms with Gasteiger partial charge < -0.3 is 9.47 Å². The number of hydrogen-bond acceptors (Lipinski definition) is 4. The van der Waals surface area contributed by atoms with E-state index in [0.29, 0.717) is 12.5 Å². The summed E-state index contributed by atoms with van der Waals surface area (Å²) in [7, 11) is 0. The van der Waals surface area contributed by atoms with Crippen molar-refractivity contribution in [2.45, 2.75) is 73.3 Å².